The van der Waals surface area contributed by atoms with Crippen LogP contribution in [0.2, 0.25) is 0 Å². The van der Waals surface area contributed by atoms with Crippen LogP contribution < -0.4 is 5.32 Å². The van der Waals surface area contributed by atoms with Gasteiger partial charge in [-0.3, -0.25) is 0 Å². The van der Waals surface area contributed by atoms with Crippen molar-refractivity contribution in [1.82, 2.24) is 15.1 Å². The van der Waals surface area contributed by atoms with Crippen LogP contribution in [0.1, 0.15) is 26.7 Å². The molecule has 2 aliphatic rings. The molecule has 2 rings (SSSR count). The van der Waals surface area contributed by atoms with Gasteiger partial charge in [-0.2, -0.15) is 0 Å². The van der Waals surface area contributed by atoms with Crippen LogP contribution in [0.25, 0.3) is 0 Å². The lowest BCUT2D eigenvalue weighted by atomic mass is 9.96. The Balaban J connectivity index is 1.84. The van der Waals surface area contributed by atoms with Gasteiger partial charge in [0, 0.05) is 26.2 Å². The van der Waals surface area contributed by atoms with Gasteiger partial charge in [0.15, 0.2) is 0 Å². The fraction of sp³-hybridized carbons (Fsp3) is 1.00. The van der Waals surface area contributed by atoms with E-state index < -0.39 is 0 Å². The lowest BCUT2D eigenvalue weighted by Gasteiger charge is -2.37. The van der Waals surface area contributed by atoms with Crippen molar-refractivity contribution < 1.29 is 0 Å². The summed E-state index contributed by atoms with van der Waals surface area (Å²) in [5.41, 5.74) is 0. The number of piperidine rings is 1. The van der Waals surface area contributed by atoms with Crippen LogP contribution in [-0.2, 0) is 0 Å². The summed E-state index contributed by atoms with van der Waals surface area (Å²) in [4.78, 5) is 5.24. The number of likely N-dealkylation sites (tertiary alicyclic amines) is 1. The molecule has 0 aliphatic carbocycles. The standard InChI is InChI=1S/C15H31N3/c1-13-7-16-8-14(2)10-18(9-13)12-15-5-4-6-17(3)11-15/h13-16H,4-12H2,1-3H3. The van der Waals surface area contributed by atoms with Crippen molar-refractivity contribution in [1.29, 1.82) is 0 Å². The van der Waals surface area contributed by atoms with Gasteiger partial charge in [-0.25, -0.2) is 0 Å². The molecule has 3 heteroatoms. The van der Waals surface area contributed by atoms with Crippen molar-refractivity contribution in [2.75, 3.05) is 52.9 Å². The molecule has 2 aliphatic heterocycles. The molecule has 0 aromatic rings. The summed E-state index contributed by atoms with van der Waals surface area (Å²) in [7, 11) is 2.27. The second kappa shape index (κ2) is 6.88. The normalized spacial score (nSPS) is 37.2. The van der Waals surface area contributed by atoms with Gasteiger partial charge in [-0.05, 0) is 57.3 Å². The Morgan fingerprint density at radius 2 is 1.72 bits per heavy atom. The van der Waals surface area contributed by atoms with Crippen LogP contribution in [-0.4, -0.2) is 62.7 Å². The fourth-order valence-electron chi connectivity index (χ4n) is 3.60. The first kappa shape index (κ1) is 14.3. The van der Waals surface area contributed by atoms with E-state index in [1.54, 1.807) is 0 Å². The molecular weight excluding hydrogens is 222 g/mol. The Kier molecular flexibility index (Phi) is 5.46. The van der Waals surface area contributed by atoms with Crippen LogP contribution in [0, 0.1) is 17.8 Å². The largest absolute Gasteiger partial charge is 0.316 e. The van der Waals surface area contributed by atoms with E-state index >= 15 is 0 Å². The van der Waals surface area contributed by atoms with Crippen molar-refractivity contribution in [3.63, 3.8) is 0 Å². The average molecular weight is 253 g/mol. The molecule has 2 saturated heterocycles. The number of nitrogens with one attached hydrogen (secondary N) is 1. The first-order chi connectivity index (χ1) is 8.63. The summed E-state index contributed by atoms with van der Waals surface area (Å²) < 4.78 is 0. The number of rotatable bonds is 2. The van der Waals surface area contributed by atoms with Gasteiger partial charge in [0.05, 0.1) is 0 Å². The summed E-state index contributed by atoms with van der Waals surface area (Å²) >= 11 is 0. The van der Waals surface area contributed by atoms with Crippen molar-refractivity contribution in [2.24, 2.45) is 17.8 Å². The lowest BCUT2D eigenvalue weighted by molar-refractivity contribution is 0.121. The number of hydrogen-bond acceptors (Lipinski definition) is 3. The van der Waals surface area contributed by atoms with Crippen molar-refractivity contribution in [3.8, 4) is 0 Å². The summed E-state index contributed by atoms with van der Waals surface area (Å²) in [5, 5.41) is 3.58. The van der Waals surface area contributed by atoms with Crippen molar-refractivity contribution in [3.05, 3.63) is 0 Å². The predicted molar refractivity (Wildman–Crippen MR) is 77.9 cm³/mol. The van der Waals surface area contributed by atoms with Crippen LogP contribution in [0.5, 0.6) is 0 Å². The van der Waals surface area contributed by atoms with Crippen LogP contribution >= 0.6 is 0 Å². The van der Waals surface area contributed by atoms with Crippen molar-refractivity contribution >= 4 is 0 Å². The highest BCUT2D eigenvalue weighted by atomic mass is 15.2. The third-order valence-electron chi connectivity index (χ3n) is 4.36. The zero-order valence-corrected chi connectivity index (χ0v) is 12.5. The predicted octanol–water partition coefficient (Wildman–Crippen LogP) is 1.51. The molecule has 0 aromatic heterocycles. The molecule has 0 amide bonds. The lowest BCUT2D eigenvalue weighted by Crippen LogP contribution is -2.46. The summed E-state index contributed by atoms with van der Waals surface area (Å²) in [6, 6.07) is 0. The molecule has 3 unspecified atom stereocenters. The average Bonchev–Trinajstić information content (AvgIpc) is 2.26. The third kappa shape index (κ3) is 4.52. The van der Waals surface area contributed by atoms with E-state index in [-0.39, 0.29) is 0 Å². The van der Waals surface area contributed by atoms with Gasteiger partial charge in [-0.1, -0.05) is 13.8 Å². The second-order valence-electron chi connectivity index (χ2n) is 6.86. The van der Waals surface area contributed by atoms with Gasteiger partial charge in [0.25, 0.3) is 0 Å². The molecule has 0 bridgehead atoms. The molecule has 2 fully saturated rings. The SMILES string of the molecule is CC1CNCC(C)CN(CC2CCCN(C)C2)C1. The maximum absolute atomic E-state index is 3.58. The van der Waals surface area contributed by atoms with Crippen LogP contribution in [0.3, 0.4) is 0 Å². The van der Waals surface area contributed by atoms with Crippen molar-refractivity contribution in [2.45, 2.75) is 26.7 Å². The van der Waals surface area contributed by atoms with E-state index in [2.05, 4.69) is 36.0 Å². The Labute approximate surface area is 113 Å². The third-order valence-corrected chi connectivity index (χ3v) is 4.36. The number of hydrogen-bond donors (Lipinski definition) is 1. The molecule has 2 heterocycles. The van der Waals surface area contributed by atoms with Gasteiger partial charge in [-0.15, -0.1) is 0 Å². The summed E-state index contributed by atoms with van der Waals surface area (Å²) in [5.74, 6) is 2.48. The highest BCUT2D eigenvalue weighted by molar-refractivity contribution is 4.78. The van der Waals surface area contributed by atoms with E-state index in [9.17, 15) is 0 Å². The van der Waals surface area contributed by atoms with Gasteiger partial charge in [0.1, 0.15) is 0 Å². The highest BCUT2D eigenvalue weighted by Crippen LogP contribution is 2.18. The molecule has 0 saturated carbocycles. The fourth-order valence-corrected chi connectivity index (χ4v) is 3.60. The minimum Gasteiger partial charge on any atom is -0.316 e. The van der Waals surface area contributed by atoms with Gasteiger partial charge in [0.2, 0.25) is 0 Å². The quantitative estimate of drug-likeness (QED) is 0.805. The minimum absolute atomic E-state index is 0.791. The van der Waals surface area contributed by atoms with E-state index in [0.29, 0.717) is 0 Å². The topological polar surface area (TPSA) is 18.5 Å². The van der Waals surface area contributed by atoms with E-state index in [1.807, 2.05) is 0 Å². The zero-order valence-electron chi connectivity index (χ0n) is 12.5. The Bertz CT molecular complexity index is 232. The zero-order chi connectivity index (χ0) is 13.0. The molecule has 18 heavy (non-hydrogen) atoms. The smallest absolute Gasteiger partial charge is 0.00221 e. The molecule has 0 spiro atoms. The van der Waals surface area contributed by atoms with E-state index in [4.69, 9.17) is 0 Å². The van der Waals surface area contributed by atoms with Gasteiger partial charge >= 0.3 is 0 Å². The molecule has 3 nitrogen and oxygen atoms in total. The second-order valence-corrected chi connectivity index (χ2v) is 6.86. The molecular formula is C15H31N3. The Hall–Kier alpha value is -0.120. The molecule has 3 atom stereocenters. The molecule has 0 aromatic carbocycles. The van der Waals surface area contributed by atoms with Crippen LogP contribution in [0.4, 0.5) is 0 Å². The molecule has 106 valence electrons. The highest BCUT2D eigenvalue weighted by Gasteiger charge is 2.23. The minimum atomic E-state index is 0.791. The first-order valence-electron chi connectivity index (χ1n) is 7.75. The maximum atomic E-state index is 3.58. The summed E-state index contributed by atoms with van der Waals surface area (Å²) in [6.45, 7) is 13.6. The maximum Gasteiger partial charge on any atom is 0.00221 e. The Morgan fingerprint density at radius 3 is 2.33 bits per heavy atom. The van der Waals surface area contributed by atoms with Crippen LogP contribution in [0.15, 0.2) is 0 Å². The van der Waals surface area contributed by atoms with Gasteiger partial charge < -0.3 is 15.1 Å². The number of nitrogens with zero attached hydrogens (tertiary/aromatic N) is 2. The first-order valence-corrected chi connectivity index (χ1v) is 7.75. The molecule has 1 N–H and O–H groups in total. The Morgan fingerprint density at radius 1 is 1.06 bits per heavy atom. The monoisotopic (exact) mass is 253 g/mol. The summed E-state index contributed by atoms with van der Waals surface area (Å²) in [6.07, 6.45) is 2.82. The molecule has 0 radical (unpaired) electrons. The van der Waals surface area contributed by atoms with E-state index in [0.717, 1.165) is 17.8 Å². The van der Waals surface area contributed by atoms with E-state index in [1.165, 1.54) is 58.7 Å².